The Morgan fingerprint density at radius 2 is 1.57 bits per heavy atom. The van der Waals surface area contributed by atoms with Crippen molar-refractivity contribution in [3.8, 4) is 16.9 Å². The zero-order valence-electron chi connectivity index (χ0n) is 22.4. The number of carbonyl (C=O) groups excluding carboxylic acids is 1. The van der Waals surface area contributed by atoms with Gasteiger partial charge in [0.05, 0.1) is 23.8 Å². The second kappa shape index (κ2) is 14.4. The van der Waals surface area contributed by atoms with Gasteiger partial charge in [-0.3, -0.25) is 9.59 Å². The molecule has 0 saturated heterocycles. The molecule has 0 bridgehead atoms. The van der Waals surface area contributed by atoms with E-state index in [-0.39, 0.29) is 13.0 Å². The maximum atomic E-state index is 12.7. The quantitative estimate of drug-likeness (QED) is 0.268. The van der Waals surface area contributed by atoms with Crippen LogP contribution in [0.1, 0.15) is 49.1 Å². The van der Waals surface area contributed by atoms with E-state index in [4.69, 9.17) is 16.3 Å². The number of halogens is 1. The smallest absolute Gasteiger partial charge is 0.314 e. The number of carbonyl (C=O) groups is 2. The Bertz CT molecular complexity index is 1370. The van der Waals surface area contributed by atoms with Crippen molar-refractivity contribution in [2.75, 3.05) is 6.61 Å². The first-order valence-corrected chi connectivity index (χ1v) is 13.9. The summed E-state index contributed by atoms with van der Waals surface area (Å²) in [5.41, 5.74) is 7.53. The van der Waals surface area contributed by atoms with E-state index >= 15 is 0 Å². The van der Waals surface area contributed by atoms with Gasteiger partial charge in [0.1, 0.15) is 12.5 Å². The molecule has 1 fully saturated rings. The lowest BCUT2D eigenvalue weighted by Gasteiger charge is -2.13. The standard InChI is InChI=1S/C26H21ClN2O4.C6H13N/c27-21-13-11-19(12-14-21)25-20(16-29(28-25)22-9-5-2-6-10-22)15-24(30)33-17-23(26(31)32)18-7-3-1-4-8-18;7-6-4-2-1-3-5-6/h1-14,16,23H,15,17H2,(H,31,32);6H,1-5,7H2/p+1. The average Bonchev–Trinajstić information content (AvgIpc) is 3.39. The Hall–Kier alpha value is -3.94. The Kier molecular flexibility index (Phi) is 10.5. The van der Waals surface area contributed by atoms with Crippen LogP contribution in [-0.2, 0) is 20.7 Å². The first-order chi connectivity index (χ1) is 19.4. The molecule has 1 aromatic heterocycles. The van der Waals surface area contributed by atoms with Crippen molar-refractivity contribution in [1.29, 1.82) is 0 Å². The molecule has 1 heterocycles. The lowest BCUT2D eigenvalue weighted by atomic mass is 9.97. The van der Waals surface area contributed by atoms with Crippen molar-refractivity contribution in [2.24, 2.45) is 0 Å². The molecular weight excluding hydrogens is 526 g/mol. The molecule has 0 amide bonds. The molecule has 1 unspecified atom stereocenters. The van der Waals surface area contributed by atoms with Crippen LogP contribution < -0.4 is 5.73 Å². The van der Waals surface area contributed by atoms with Crippen LogP contribution in [0, 0.1) is 0 Å². The van der Waals surface area contributed by atoms with Crippen LogP contribution in [0.3, 0.4) is 0 Å². The topological polar surface area (TPSA) is 109 Å². The van der Waals surface area contributed by atoms with Gasteiger partial charge >= 0.3 is 11.9 Å². The number of hydrogen-bond donors (Lipinski definition) is 2. The third-order valence-electron chi connectivity index (χ3n) is 6.90. The molecule has 1 aliphatic rings. The van der Waals surface area contributed by atoms with E-state index in [0.29, 0.717) is 21.8 Å². The summed E-state index contributed by atoms with van der Waals surface area (Å²) in [6.07, 6.45) is 8.78. The molecule has 4 N–H and O–H groups in total. The van der Waals surface area contributed by atoms with E-state index in [1.165, 1.54) is 32.1 Å². The van der Waals surface area contributed by atoms with Crippen molar-refractivity contribution >= 4 is 23.5 Å². The van der Waals surface area contributed by atoms with Crippen LogP contribution in [-0.4, -0.2) is 39.5 Å². The van der Waals surface area contributed by atoms with Crippen molar-refractivity contribution in [1.82, 2.24) is 9.78 Å². The monoisotopic (exact) mass is 560 g/mol. The highest BCUT2D eigenvalue weighted by atomic mass is 35.5. The van der Waals surface area contributed by atoms with Gasteiger partial charge in [0.25, 0.3) is 0 Å². The second-order valence-corrected chi connectivity index (χ2v) is 10.4. The van der Waals surface area contributed by atoms with E-state index in [1.807, 2.05) is 42.5 Å². The van der Waals surface area contributed by atoms with Gasteiger partial charge in [-0.2, -0.15) is 5.10 Å². The van der Waals surface area contributed by atoms with Crippen molar-refractivity contribution in [3.63, 3.8) is 0 Å². The summed E-state index contributed by atoms with van der Waals surface area (Å²) in [6, 6.07) is 26.3. The number of rotatable bonds is 8. The Labute approximate surface area is 239 Å². The molecule has 1 saturated carbocycles. The molecule has 0 spiro atoms. The average molecular weight is 561 g/mol. The molecular formula is C32H35ClN3O4+. The summed E-state index contributed by atoms with van der Waals surface area (Å²) < 4.78 is 7.08. The Balaban J connectivity index is 0.000000461. The highest BCUT2D eigenvalue weighted by molar-refractivity contribution is 6.30. The fourth-order valence-corrected chi connectivity index (χ4v) is 4.79. The molecule has 4 aromatic rings. The van der Waals surface area contributed by atoms with Gasteiger partial charge in [-0.15, -0.1) is 0 Å². The number of carboxylic acids is 1. The zero-order chi connectivity index (χ0) is 28.3. The van der Waals surface area contributed by atoms with Crippen molar-refractivity contribution in [3.05, 3.63) is 107 Å². The number of aromatic nitrogens is 2. The number of hydrogen-bond acceptors (Lipinski definition) is 4. The van der Waals surface area contributed by atoms with Gasteiger partial charge in [0.2, 0.25) is 0 Å². The summed E-state index contributed by atoms with van der Waals surface area (Å²) in [5, 5.41) is 14.8. The lowest BCUT2D eigenvalue weighted by molar-refractivity contribution is -0.425. The van der Waals surface area contributed by atoms with Gasteiger partial charge < -0.3 is 15.6 Å². The number of benzene rings is 3. The van der Waals surface area contributed by atoms with Gasteiger partial charge in [0.15, 0.2) is 0 Å². The van der Waals surface area contributed by atoms with Crippen molar-refractivity contribution < 1.29 is 25.2 Å². The maximum absolute atomic E-state index is 12.7. The number of para-hydroxylation sites is 1. The highest BCUT2D eigenvalue weighted by Gasteiger charge is 2.23. The van der Waals surface area contributed by atoms with Crippen LogP contribution in [0.5, 0.6) is 0 Å². The van der Waals surface area contributed by atoms with E-state index in [2.05, 4.69) is 10.8 Å². The highest BCUT2D eigenvalue weighted by Crippen LogP contribution is 2.26. The van der Waals surface area contributed by atoms with Crippen LogP contribution in [0.2, 0.25) is 5.02 Å². The molecule has 1 atom stereocenters. The van der Waals surface area contributed by atoms with E-state index in [1.54, 1.807) is 53.3 Å². The molecule has 40 heavy (non-hydrogen) atoms. The van der Waals surface area contributed by atoms with Gasteiger partial charge in [-0.05, 0) is 55.5 Å². The lowest BCUT2D eigenvalue weighted by Crippen LogP contribution is -2.61. The zero-order valence-corrected chi connectivity index (χ0v) is 23.2. The second-order valence-electron chi connectivity index (χ2n) is 9.96. The maximum Gasteiger partial charge on any atom is 0.314 e. The molecule has 5 rings (SSSR count). The predicted molar refractivity (Wildman–Crippen MR) is 155 cm³/mol. The largest absolute Gasteiger partial charge is 0.481 e. The van der Waals surface area contributed by atoms with Gasteiger partial charge in [-0.1, -0.05) is 78.7 Å². The SMILES string of the molecule is O=C(Cc1cn(-c2ccccc2)nc1-c1ccc(Cl)cc1)OCC(C(=O)O)c1ccccc1.[NH3+]C1CCCCC1. The number of esters is 1. The van der Waals surface area contributed by atoms with E-state index < -0.39 is 17.9 Å². The van der Waals surface area contributed by atoms with Crippen LogP contribution in [0.25, 0.3) is 16.9 Å². The van der Waals surface area contributed by atoms with E-state index in [0.717, 1.165) is 17.3 Å². The fraction of sp³-hybridized carbons (Fsp3) is 0.281. The Morgan fingerprint density at radius 1 is 0.950 bits per heavy atom. The summed E-state index contributed by atoms with van der Waals surface area (Å²) in [5.74, 6) is -2.51. The molecule has 208 valence electrons. The third kappa shape index (κ3) is 8.28. The fourth-order valence-electron chi connectivity index (χ4n) is 4.67. The summed E-state index contributed by atoms with van der Waals surface area (Å²) >= 11 is 6.02. The van der Waals surface area contributed by atoms with E-state index in [9.17, 15) is 14.7 Å². The number of carboxylic acid groups (broad SMARTS) is 1. The number of quaternary nitrogens is 1. The van der Waals surface area contributed by atoms with Crippen molar-refractivity contribution in [2.45, 2.75) is 50.5 Å². The van der Waals surface area contributed by atoms with Crippen LogP contribution in [0.4, 0.5) is 0 Å². The van der Waals surface area contributed by atoms with Gasteiger partial charge in [-0.25, -0.2) is 4.68 Å². The normalized spacial score (nSPS) is 14.1. The number of nitrogens with zero attached hydrogens (tertiary/aromatic N) is 2. The minimum atomic E-state index is -1.05. The number of ether oxygens (including phenoxy) is 1. The molecule has 0 radical (unpaired) electrons. The first kappa shape index (κ1) is 29.1. The van der Waals surface area contributed by atoms with Gasteiger partial charge in [0, 0.05) is 22.3 Å². The minimum Gasteiger partial charge on any atom is -0.481 e. The summed E-state index contributed by atoms with van der Waals surface area (Å²) in [4.78, 5) is 24.4. The van der Waals surface area contributed by atoms with Crippen LogP contribution in [0.15, 0.2) is 91.1 Å². The van der Waals surface area contributed by atoms with Crippen LogP contribution >= 0.6 is 11.6 Å². The minimum absolute atomic E-state index is 0.0497. The Morgan fingerprint density at radius 3 is 2.15 bits per heavy atom. The molecule has 0 aliphatic heterocycles. The third-order valence-corrected chi connectivity index (χ3v) is 7.15. The molecule has 3 aromatic carbocycles. The predicted octanol–water partition coefficient (Wildman–Crippen LogP) is 5.71. The molecule has 1 aliphatic carbocycles. The number of aliphatic carboxylic acids is 1. The first-order valence-electron chi connectivity index (χ1n) is 13.6. The molecule has 8 heteroatoms. The molecule has 7 nitrogen and oxygen atoms in total. The summed E-state index contributed by atoms with van der Waals surface area (Å²) in [6.45, 7) is -0.249. The summed E-state index contributed by atoms with van der Waals surface area (Å²) in [7, 11) is 0.